The van der Waals surface area contributed by atoms with Gasteiger partial charge in [-0.05, 0) is 18.6 Å². The largest absolute Gasteiger partial charge is 0.357 e. The Labute approximate surface area is 178 Å². The molecule has 29 heavy (non-hydrogen) atoms. The van der Waals surface area contributed by atoms with Gasteiger partial charge in [-0.1, -0.05) is 54.4 Å². The Morgan fingerprint density at radius 3 is 2.31 bits per heavy atom. The number of halogens is 2. The standard InChI is InChI=1S/C20H21Cl2N3O4/c1-3-17(20(27)23-2)24(12-14-15(21)8-6-9-16(14)22)19(26)11-13-7-4-5-10-18(13)25(28)29/h4-10,17H,3,11-12H2,1-2H3,(H,23,27). The molecule has 0 aromatic heterocycles. The number of hydrogen-bond donors (Lipinski definition) is 1. The summed E-state index contributed by atoms with van der Waals surface area (Å²) in [7, 11) is 1.48. The average molecular weight is 438 g/mol. The summed E-state index contributed by atoms with van der Waals surface area (Å²) >= 11 is 12.5. The maximum absolute atomic E-state index is 13.2. The molecule has 0 aliphatic rings. The number of hydrogen-bond acceptors (Lipinski definition) is 4. The summed E-state index contributed by atoms with van der Waals surface area (Å²) in [6, 6.07) is 10.2. The Kier molecular flexibility index (Phi) is 7.99. The molecular weight excluding hydrogens is 417 g/mol. The van der Waals surface area contributed by atoms with Crippen molar-refractivity contribution in [1.82, 2.24) is 10.2 Å². The van der Waals surface area contributed by atoms with Gasteiger partial charge in [0, 0.05) is 40.8 Å². The average Bonchev–Trinajstić information content (AvgIpc) is 2.69. The van der Waals surface area contributed by atoms with E-state index in [0.29, 0.717) is 22.0 Å². The molecule has 2 aromatic carbocycles. The first-order valence-corrected chi connectivity index (χ1v) is 9.71. The first-order valence-electron chi connectivity index (χ1n) is 8.96. The van der Waals surface area contributed by atoms with Gasteiger partial charge in [0.05, 0.1) is 11.3 Å². The molecule has 0 bridgehead atoms. The molecule has 1 unspecified atom stereocenters. The number of rotatable bonds is 8. The zero-order valence-electron chi connectivity index (χ0n) is 16.0. The lowest BCUT2D eigenvalue weighted by Crippen LogP contribution is -2.48. The van der Waals surface area contributed by atoms with Crippen LogP contribution in [-0.4, -0.2) is 34.7 Å². The molecule has 1 N–H and O–H groups in total. The Bertz CT molecular complexity index is 900. The van der Waals surface area contributed by atoms with Gasteiger partial charge >= 0.3 is 0 Å². The van der Waals surface area contributed by atoms with Gasteiger partial charge in [0.15, 0.2) is 0 Å². The van der Waals surface area contributed by atoms with E-state index >= 15 is 0 Å². The van der Waals surface area contributed by atoms with Crippen molar-refractivity contribution in [2.45, 2.75) is 32.4 Å². The van der Waals surface area contributed by atoms with E-state index in [1.807, 2.05) is 0 Å². The molecule has 0 radical (unpaired) electrons. The summed E-state index contributed by atoms with van der Waals surface area (Å²) in [5.74, 6) is -0.780. The van der Waals surface area contributed by atoms with E-state index in [9.17, 15) is 19.7 Å². The summed E-state index contributed by atoms with van der Waals surface area (Å²) in [5.41, 5.74) is 0.628. The zero-order valence-corrected chi connectivity index (χ0v) is 17.5. The Morgan fingerprint density at radius 1 is 1.14 bits per heavy atom. The van der Waals surface area contributed by atoms with Crippen molar-refractivity contribution in [1.29, 1.82) is 0 Å². The lowest BCUT2D eigenvalue weighted by Gasteiger charge is -2.31. The fraction of sp³-hybridized carbons (Fsp3) is 0.300. The summed E-state index contributed by atoms with van der Waals surface area (Å²) in [5, 5.41) is 14.6. The van der Waals surface area contributed by atoms with E-state index in [4.69, 9.17) is 23.2 Å². The van der Waals surface area contributed by atoms with Crippen LogP contribution < -0.4 is 5.32 Å². The van der Waals surface area contributed by atoms with Crippen molar-refractivity contribution in [3.05, 3.63) is 73.8 Å². The molecule has 0 fully saturated rings. The van der Waals surface area contributed by atoms with Crippen molar-refractivity contribution in [3.63, 3.8) is 0 Å². The second-order valence-electron chi connectivity index (χ2n) is 6.32. The number of carbonyl (C=O) groups is 2. The number of nitro groups is 1. The van der Waals surface area contributed by atoms with Gasteiger partial charge < -0.3 is 10.2 Å². The van der Waals surface area contributed by atoms with Gasteiger partial charge in [0.1, 0.15) is 6.04 Å². The van der Waals surface area contributed by atoms with Crippen molar-refractivity contribution in [2.24, 2.45) is 0 Å². The summed E-state index contributed by atoms with van der Waals surface area (Å²) < 4.78 is 0. The molecule has 0 aliphatic carbocycles. The van der Waals surface area contributed by atoms with E-state index < -0.39 is 16.9 Å². The third kappa shape index (κ3) is 5.46. The highest BCUT2D eigenvalue weighted by Gasteiger charge is 2.30. The molecule has 9 heteroatoms. The maximum atomic E-state index is 13.2. The van der Waals surface area contributed by atoms with Crippen LogP contribution in [0, 0.1) is 10.1 Å². The SMILES string of the molecule is CCC(C(=O)NC)N(Cc1c(Cl)cccc1Cl)C(=O)Cc1ccccc1[N+](=O)[O-]. The number of nitrogens with zero attached hydrogens (tertiary/aromatic N) is 2. The van der Waals surface area contributed by atoms with Crippen LogP contribution in [0.25, 0.3) is 0 Å². The van der Waals surface area contributed by atoms with Gasteiger partial charge in [-0.2, -0.15) is 0 Å². The van der Waals surface area contributed by atoms with Crippen LogP contribution in [-0.2, 0) is 22.6 Å². The molecule has 0 spiro atoms. The van der Waals surface area contributed by atoms with Crippen LogP contribution >= 0.6 is 23.2 Å². The summed E-state index contributed by atoms with van der Waals surface area (Å²) in [6.07, 6.45) is 0.122. The summed E-state index contributed by atoms with van der Waals surface area (Å²) in [4.78, 5) is 37.7. The molecule has 2 aromatic rings. The van der Waals surface area contributed by atoms with Crippen LogP contribution in [0.1, 0.15) is 24.5 Å². The van der Waals surface area contributed by atoms with Crippen molar-refractivity contribution >= 4 is 40.7 Å². The third-order valence-corrected chi connectivity index (χ3v) is 5.26. The minimum absolute atomic E-state index is 0.00387. The number of nitrogens with one attached hydrogen (secondary N) is 1. The third-order valence-electron chi connectivity index (χ3n) is 4.55. The van der Waals surface area contributed by atoms with Crippen molar-refractivity contribution < 1.29 is 14.5 Å². The van der Waals surface area contributed by atoms with Crippen LogP contribution in [0.15, 0.2) is 42.5 Å². The molecule has 0 heterocycles. The van der Waals surface area contributed by atoms with Gasteiger partial charge in [0.2, 0.25) is 11.8 Å². The highest BCUT2D eigenvalue weighted by Crippen LogP contribution is 2.28. The first kappa shape index (κ1) is 22.6. The number of amides is 2. The Hall–Kier alpha value is -2.64. The van der Waals surface area contributed by atoms with Crippen LogP contribution in [0.4, 0.5) is 5.69 Å². The lowest BCUT2D eigenvalue weighted by molar-refractivity contribution is -0.385. The highest BCUT2D eigenvalue weighted by atomic mass is 35.5. The van der Waals surface area contributed by atoms with E-state index in [1.54, 1.807) is 31.2 Å². The van der Waals surface area contributed by atoms with Crippen LogP contribution in [0.2, 0.25) is 10.0 Å². The van der Waals surface area contributed by atoms with Gasteiger partial charge in [-0.3, -0.25) is 19.7 Å². The topological polar surface area (TPSA) is 92.6 Å². The van der Waals surface area contributed by atoms with E-state index in [0.717, 1.165) is 0 Å². The predicted octanol–water partition coefficient (Wildman–Crippen LogP) is 4.00. The molecule has 1 atom stereocenters. The minimum atomic E-state index is -0.775. The summed E-state index contributed by atoms with van der Waals surface area (Å²) in [6.45, 7) is 1.78. The number of carbonyl (C=O) groups excluding carboxylic acids is 2. The highest BCUT2D eigenvalue weighted by molar-refractivity contribution is 6.36. The lowest BCUT2D eigenvalue weighted by atomic mass is 10.1. The smallest absolute Gasteiger partial charge is 0.273 e. The van der Waals surface area contributed by atoms with Gasteiger partial charge in [0.25, 0.3) is 5.69 Å². The van der Waals surface area contributed by atoms with E-state index in [2.05, 4.69) is 5.32 Å². The van der Waals surface area contributed by atoms with E-state index in [1.165, 1.54) is 30.1 Å². The number of para-hydroxylation sites is 1. The molecule has 0 saturated carbocycles. The molecule has 0 saturated heterocycles. The Morgan fingerprint density at radius 2 is 1.76 bits per heavy atom. The minimum Gasteiger partial charge on any atom is -0.357 e. The van der Waals surface area contributed by atoms with Crippen LogP contribution in [0.3, 0.4) is 0 Å². The van der Waals surface area contributed by atoms with Crippen LogP contribution in [0.5, 0.6) is 0 Å². The Balaban J connectivity index is 2.43. The van der Waals surface area contributed by atoms with Crippen molar-refractivity contribution in [3.8, 4) is 0 Å². The molecular formula is C20H21Cl2N3O4. The first-order chi connectivity index (χ1) is 13.8. The number of nitro benzene ring substituents is 1. The zero-order chi connectivity index (χ0) is 21.6. The number of benzene rings is 2. The quantitative estimate of drug-likeness (QED) is 0.498. The second-order valence-corrected chi connectivity index (χ2v) is 7.14. The maximum Gasteiger partial charge on any atom is 0.273 e. The molecule has 2 amide bonds. The molecule has 154 valence electrons. The molecule has 0 aliphatic heterocycles. The number of likely N-dealkylation sites (N-methyl/N-ethyl adjacent to an activating group) is 1. The normalized spacial score (nSPS) is 11.6. The van der Waals surface area contributed by atoms with Crippen molar-refractivity contribution in [2.75, 3.05) is 7.05 Å². The predicted molar refractivity (Wildman–Crippen MR) is 112 cm³/mol. The van der Waals surface area contributed by atoms with Gasteiger partial charge in [-0.25, -0.2) is 0 Å². The fourth-order valence-corrected chi connectivity index (χ4v) is 3.56. The second kappa shape index (κ2) is 10.2. The monoisotopic (exact) mass is 437 g/mol. The van der Waals surface area contributed by atoms with E-state index in [-0.39, 0.29) is 30.1 Å². The molecule has 7 nitrogen and oxygen atoms in total. The fourth-order valence-electron chi connectivity index (χ4n) is 3.04. The van der Waals surface area contributed by atoms with Gasteiger partial charge in [-0.15, -0.1) is 0 Å². The molecule has 2 rings (SSSR count).